The standard InChI is InChI=1S/C15H16N2O3S/c1-11-5-7-12(8-6-11)21(18,19)20-17-15-4-2-3-14-13(15)9-10-16-14/h5-10,16H,2-4H2,1H3/b17-15+. The first-order valence-corrected chi connectivity index (χ1v) is 8.21. The van der Waals surface area contributed by atoms with Crippen molar-refractivity contribution in [3.05, 3.63) is 53.3 Å². The van der Waals surface area contributed by atoms with Gasteiger partial charge < -0.3 is 4.98 Å². The molecular weight excluding hydrogens is 288 g/mol. The van der Waals surface area contributed by atoms with E-state index >= 15 is 0 Å². The van der Waals surface area contributed by atoms with Crippen LogP contribution >= 0.6 is 0 Å². The largest absolute Gasteiger partial charge is 0.364 e. The van der Waals surface area contributed by atoms with Crippen LogP contribution in [0.3, 0.4) is 0 Å². The maximum Gasteiger partial charge on any atom is 0.358 e. The van der Waals surface area contributed by atoms with Gasteiger partial charge >= 0.3 is 10.1 Å². The highest BCUT2D eigenvalue weighted by Gasteiger charge is 2.20. The molecule has 0 unspecified atom stereocenters. The Morgan fingerprint density at radius 3 is 2.67 bits per heavy atom. The molecule has 21 heavy (non-hydrogen) atoms. The Hall–Kier alpha value is -2.08. The minimum absolute atomic E-state index is 0.113. The fourth-order valence-electron chi connectivity index (χ4n) is 2.39. The Balaban J connectivity index is 1.85. The number of hydrogen-bond acceptors (Lipinski definition) is 4. The Labute approximate surface area is 123 Å². The van der Waals surface area contributed by atoms with Gasteiger partial charge in [0.15, 0.2) is 0 Å². The summed E-state index contributed by atoms with van der Waals surface area (Å²) in [5.41, 5.74) is 3.69. The molecule has 5 nitrogen and oxygen atoms in total. The molecule has 1 aliphatic carbocycles. The number of aromatic amines is 1. The van der Waals surface area contributed by atoms with Crippen LogP contribution in [0.4, 0.5) is 0 Å². The molecule has 1 N–H and O–H groups in total. The quantitative estimate of drug-likeness (QED) is 0.886. The van der Waals surface area contributed by atoms with E-state index in [-0.39, 0.29) is 4.90 Å². The summed E-state index contributed by atoms with van der Waals surface area (Å²) in [4.78, 5) is 3.25. The first-order valence-electron chi connectivity index (χ1n) is 6.80. The molecule has 3 rings (SSSR count). The van der Waals surface area contributed by atoms with Gasteiger partial charge in [-0.1, -0.05) is 22.9 Å². The van der Waals surface area contributed by atoms with Crippen LogP contribution in [0, 0.1) is 6.92 Å². The number of fused-ring (bicyclic) bond motifs is 1. The summed E-state index contributed by atoms with van der Waals surface area (Å²) in [6, 6.07) is 8.40. The summed E-state index contributed by atoms with van der Waals surface area (Å²) in [7, 11) is -3.86. The van der Waals surface area contributed by atoms with Crippen LogP contribution in [-0.2, 0) is 20.8 Å². The van der Waals surface area contributed by atoms with Crippen LogP contribution in [-0.4, -0.2) is 19.1 Å². The van der Waals surface area contributed by atoms with Gasteiger partial charge in [0.25, 0.3) is 0 Å². The van der Waals surface area contributed by atoms with E-state index in [9.17, 15) is 8.42 Å². The lowest BCUT2D eigenvalue weighted by Crippen LogP contribution is -2.12. The van der Waals surface area contributed by atoms with E-state index in [1.807, 2.05) is 19.2 Å². The maximum atomic E-state index is 12.1. The lowest BCUT2D eigenvalue weighted by molar-refractivity contribution is 0.337. The van der Waals surface area contributed by atoms with E-state index < -0.39 is 10.1 Å². The van der Waals surface area contributed by atoms with Crippen LogP contribution in [0.15, 0.2) is 46.6 Å². The highest BCUT2D eigenvalue weighted by Crippen LogP contribution is 2.21. The summed E-state index contributed by atoms with van der Waals surface area (Å²) in [5.74, 6) is 0. The zero-order valence-corrected chi connectivity index (χ0v) is 12.5. The first-order chi connectivity index (χ1) is 10.1. The first kappa shape index (κ1) is 13.9. The van der Waals surface area contributed by atoms with Crippen LogP contribution in [0.2, 0.25) is 0 Å². The molecule has 2 aromatic rings. The molecule has 110 valence electrons. The zero-order valence-electron chi connectivity index (χ0n) is 11.7. The van der Waals surface area contributed by atoms with Crippen LogP contribution in [0.1, 0.15) is 29.7 Å². The highest BCUT2D eigenvalue weighted by atomic mass is 32.2. The molecule has 0 spiro atoms. The van der Waals surface area contributed by atoms with E-state index in [0.717, 1.165) is 29.7 Å². The normalized spacial score (nSPS) is 16.7. The van der Waals surface area contributed by atoms with Crippen molar-refractivity contribution in [1.29, 1.82) is 0 Å². The summed E-state index contributed by atoms with van der Waals surface area (Å²) in [6.45, 7) is 1.90. The van der Waals surface area contributed by atoms with Crippen LogP contribution in [0.5, 0.6) is 0 Å². The number of nitrogens with one attached hydrogen (secondary N) is 1. The molecule has 0 saturated carbocycles. The molecule has 0 saturated heterocycles. The SMILES string of the molecule is Cc1ccc(S(=O)(=O)O/N=C2\CCCc3[nH]ccc32)cc1. The van der Waals surface area contributed by atoms with Crippen molar-refractivity contribution in [3.8, 4) is 0 Å². The molecule has 1 heterocycles. The van der Waals surface area contributed by atoms with Gasteiger partial charge in [-0.3, -0.25) is 4.28 Å². The topological polar surface area (TPSA) is 71.5 Å². The van der Waals surface area contributed by atoms with E-state index in [1.54, 1.807) is 12.1 Å². The van der Waals surface area contributed by atoms with Crippen LogP contribution in [0.25, 0.3) is 0 Å². The number of oxime groups is 1. The van der Waals surface area contributed by atoms with E-state index in [2.05, 4.69) is 10.1 Å². The van der Waals surface area contributed by atoms with Crippen molar-refractivity contribution in [3.63, 3.8) is 0 Å². The minimum atomic E-state index is -3.86. The highest BCUT2D eigenvalue weighted by molar-refractivity contribution is 7.86. The molecule has 6 heteroatoms. The molecule has 0 fully saturated rings. The van der Waals surface area contributed by atoms with Gasteiger partial charge in [0, 0.05) is 17.5 Å². The van der Waals surface area contributed by atoms with Crippen molar-refractivity contribution in [2.75, 3.05) is 0 Å². The average Bonchev–Trinajstić information content (AvgIpc) is 2.94. The predicted molar refractivity (Wildman–Crippen MR) is 79.7 cm³/mol. The second-order valence-electron chi connectivity index (χ2n) is 5.10. The zero-order chi connectivity index (χ0) is 14.9. The van der Waals surface area contributed by atoms with E-state index in [4.69, 9.17) is 4.28 Å². The minimum Gasteiger partial charge on any atom is -0.364 e. The molecule has 0 radical (unpaired) electrons. The van der Waals surface area contributed by atoms with Crippen LogP contribution < -0.4 is 0 Å². The molecule has 0 atom stereocenters. The number of aromatic nitrogens is 1. The second kappa shape index (κ2) is 5.37. The lowest BCUT2D eigenvalue weighted by atomic mass is 9.96. The molecular formula is C15H16N2O3S. The molecule has 0 aliphatic heterocycles. The monoisotopic (exact) mass is 304 g/mol. The molecule has 0 bridgehead atoms. The fourth-order valence-corrected chi connectivity index (χ4v) is 3.13. The number of nitrogens with zero attached hydrogens (tertiary/aromatic N) is 1. The fraction of sp³-hybridized carbons (Fsp3) is 0.267. The number of aryl methyl sites for hydroxylation is 2. The summed E-state index contributed by atoms with van der Waals surface area (Å²) in [6.07, 6.45) is 4.43. The van der Waals surface area contributed by atoms with Crippen molar-refractivity contribution >= 4 is 15.8 Å². The Bertz CT molecular complexity index is 774. The Morgan fingerprint density at radius 2 is 1.90 bits per heavy atom. The molecule has 1 aromatic heterocycles. The van der Waals surface area contributed by atoms with Gasteiger partial charge in [-0.2, -0.15) is 8.42 Å². The number of rotatable bonds is 3. The van der Waals surface area contributed by atoms with Gasteiger partial charge in [-0.15, -0.1) is 0 Å². The third-order valence-electron chi connectivity index (χ3n) is 3.54. The third-order valence-corrected chi connectivity index (χ3v) is 4.66. The summed E-state index contributed by atoms with van der Waals surface area (Å²) >= 11 is 0. The molecule has 1 aliphatic rings. The lowest BCUT2D eigenvalue weighted by Gasteiger charge is -2.13. The van der Waals surface area contributed by atoms with Gasteiger partial charge in [0.2, 0.25) is 0 Å². The maximum absolute atomic E-state index is 12.1. The summed E-state index contributed by atoms with van der Waals surface area (Å²) < 4.78 is 29.1. The number of benzene rings is 1. The second-order valence-corrected chi connectivity index (χ2v) is 6.63. The van der Waals surface area contributed by atoms with Crippen molar-refractivity contribution in [2.24, 2.45) is 5.16 Å². The third kappa shape index (κ3) is 2.85. The number of H-pyrrole nitrogens is 1. The Kier molecular flexibility index (Phi) is 3.55. The smallest absolute Gasteiger partial charge is 0.358 e. The predicted octanol–water partition coefficient (Wildman–Crippen LogP) is 2.77. The van der Waals surface area contributed by atoms with Gasteiger partial charge in [-0.05, 0) is 44.4 Å². The van der Waals surface area contributed by atoms with Crippen molar-refractivity contribution in [2.45, 2.75) is 31.1 Å². The van der Waals surface area contributed by atoms with Gasteiger partial charge in [0.1, 0.15) is 4.90 Å². The summed E-state index contributed by atoms with van der Waals surface area (Å²) in [5, 5.41) is 3.88. The van der Waals surface area contributed by atoms with E-state index in [1.165, 1.54) is 12.1 Å². The van der Waals surface area contributed by atoms with Gasteiger partial charge in [0.05, 0.1) is 5.71 Å². The van der Waals surface area contributed by atoms with E-state index in [0.29, 0.717) is 12.1 Å². The van der Waals surface area contributed by atoms with Crippen molar-refractivity contribution < 1.29 is 12.7 Å². The van der Waals surface area contributed by atoms with Gasteiger partial charge in [-0.25, -0.2) is 0 Å². The Morgan fingerprint density at radius 1 is 1.14 bits per heavy atom. The van der Waals surface area contributed by atoms with Crippen molar-refractivity contribution in [1.82, 2.24) is 4.98 Å². The molecule has 0 amide bonds. The average molecular weight is 304 g/mol. The molecule has 1 aromatic carbocycles. The number of hydrogen-bond donors (Lipinski definition) is 1.